The van der Waals surface area contributed by atoms with E-state index in [-0.39, 0.29) is 0 Å². The zero-order valence-corrected chi connectivity index (χ0v) is 12.9. The minimum atomic E-state index is 0.678. The van der Waals surface area contributed by atoms with Gasteiger partial charge < -0.3 is 10.1 Å². The number of rotatable bonds is 6. The number of ether oxygens (including phenoxy) is 1. The van der Waals surface area contributed by atoms with Crippen LogP contribution in [0.15, 0.2) is 42.5 Å². The molecule has 0 heterocycles. The maximum atomic E-state index is 6.15. The lowest BCUT2D eigenvalue weighted by Crippen LogP contribution is -2.83. The molecule has 2 aromatic carbocycles. The first kappa shape index (κ1) is 15.2. The Kier molecular flexibility index (Phi) is 5.72. The number of halogens is 2. The molecular formula is C16H18Cl2NO+. The Bertz CT molecular complexity index is 572. The molecule has 106 valence electrons. The maximum Gasteiger partial charge on any atom is 0.127 e. The first-order valence-corrected chi connectivity index (χ1v) is 7.34. The van der Waals surface area contributed by atoms with Gasteiger partial charge in [-0.15, -0.1) is 0 Å². The van der Waals surface area contributed by atoms with Crippen molar-refractivity contribution in [2.45, 2.75) is 13.0 Å². The Morgan fingerprint density at radius 3 is 2.60 bits per heavy atom. The summed E-state index contributed by atoms with van der Waals surface area (Å²) in [6.45, 7) is 1.87. The maximum absolute atomic E-state index is 6.15. The lowest BCUT2D eigenvalue weighted by Gasteiger charge is -2.08. The summed E-state index contributed by atoms with van der Waals surface area (Å²) in [5.41, 5.74) is 2.34. The molecule has 0 aromatic heterocycles. The highest BCUT2D eigenvalue weighted by Gasteiger charge is 2.05. The molecule has 0 bridgehead atoms. The third-order valence-corrected chi connectivity index (χ3v) is 3.78. The van der Waals surface area contributed by atoms with Crippen molar-refractivity contribution in [3.05, 3.63) is 63.6 Å². The van der Waals surface area contributed by atoms with Crippen molar-refractivity contribution in [2.24, 2.45) is 0 Å². The Morgan fingerprint density at radius 1 is 1.05 bits per heavy atom. The predicted octanol–water partition coefficient (Wildman–Crippen LogP) is 3.31. The molecule has 0 saturated heterocycles. The van der Waals surface area contributed by atoms with Crippen LogP contribution in [0.2, 0.25) is 10.0 Å². The molecule has 2 aromatic rings. The van der Waals surface area contributed by atoms with E-state index in [4.69, 9.17) is 27.9 Å². The monoisotopic (exact) mass is 310 g/mol. The van der Waals surface area contributed by atoms with E-state index in [1.165, 1.54) is 5.56 Å². The van der Waals surface area contributed by atoms with Crippen molar-refractivity contribution in [3.63, 3.8) is 0 Å². The highest BCUT2D eigenvalue weighted by atomic mass is 35.5. The largest absolute Gasteiger partial charge is 0.496 e. The molecule has 0 amide bonds. The van der Waals surface area contributed by atoms with Gasteiger partial charge in [-0.2, -0.15) is 0 Å². The van der Waals surface area contributed by atoms with E-state index in [0.29, 0.717) is 5.02 Å². The topological polar surface area (TPSA) is 25.8 Å². The van der Waals surface area contributed by atoms with Crippen molar-refractivity contribution >= 4 is 23.2 Å². The van der Waals surface area contributed by atoms with Crippen LogP contribution in [-0.4, -0.2) is 13.7 Å². The van der Waals surface area contributed by atoms with E-state index in [1.54, 1.807) is 13.2 Å². The predicted molar refractivity (Wildman–Crippen MR) is 83.7 cm³/mol. The second kappa shape index (κ2) is 7.53. The molecule has 20 heavy (non-hydrogen) atoms. The standard InChI is InChI=1S/C16H17Cl2NO/c1-20-16-5-3-2-4-13(16)11-19-9-8-12-6-7-14(17)10-15(12)18/h2-7,10,19H,8-9,11H2,1H3/p+1. The third-order valence-electron chi connectivity index (χ3n) is 3.19. The molecule has 0 unspecified atom stereocenters. The van der Waals surface area contributed by atoms with E-state index in [9.17, 15) is 0 Å². The third kappa shape index (κ3) is 4.14. The van der Waals surface area contributed by atoms with Crippen LogP contribution in [0.5, 0.6) is 5.75 Å². The van der Waals surface area contributed by atoms with Gasteiger partial charge in [0.15, 0.2) is 0 Å². The molecule has 0 saturated carbocycles. The first-order valence-electron chi connectivity index (χ1n) is 6.58. The smallest absolute Gasteiger partial charge is 0.127 e. The van der Waals surface area contributed by atoms with Gasteiger partial charge in [-0.05, 0) is 29.8 Å². The number of para-hydroxylation sites is 1. The molecule has 0 radical (unpaired) electrons. The van der Waals surface area contributed by atoms with E-state index >= 15 is 0 Å². The number of methoxy groups -OCH3 is 1. The Morgan fingerprint density at radius 2 is 1.85 bits per heavy atom. The van der Waals surface area contributed by atoms with Crippen LogP contribution in [0.1, 0.15) is 11.1 Å². The summed E-state index contributed by atoms with van der Waals surface area (Å²) in [7, 11) is 1.70. The summed E-state index contributed by atoms with van der Waals surface area (Å²) in [5.74, 6) is 0.938. The molecule has 4 heteroatoms. The second-order valence-corrected chi connectivity index (χ2v) is 5.42. The Hall–Kier alpha value is -1.22. The lowest BCUT2D eigenvalue weighted by molar-refractivity contribution is -0.670. The average molecular weight is 311 g/mol. The number of benzene rings is 2. The van der Waals surface area contributed by atoms with Gasteiger partial charge in [0.25, 0.3) is 0 Å². The van der Waals surface area contributed by atoms with Crippen LogP contribution in [0.25, 0.3) is 0 Å². The lowest BCUT2D eigenvalue weighted by atomic mass is 10.1. The number of nitrogens with two attached hydrogens (primary N) is 1. The van der Waals surface area contributed by atoms with Gasteiger partial charge in [0, 0.05) is 22.0 Å². The van der Waals surface area contributed by atoms with Crippen molar-refractivity contribution in [1.29, 1.82) is 0 Å². The molecule has 2 rings (SSSR count). The van der Waals surface area contributed by atoms with Crippen LogP contribution < -0.4 is 10.1 Å². The highest BCUT2D eigenvalue weighted by molar-refractivity contribution is 6.35. The summed E-state index contributed by atoms with van der Waals surface area (Å²) in [4.78, 5) is 0. The van der Waals surface area contributed by atoms with Crippen molar-refractivity contribution < 1.29 is 10.1 Å². The van der Waals surface area contributed by atoms with E-state index in [1.807, 2.05) is 30.3 Å². The summed E-state index contributed by atoms with van der Waals surface area (Å²) in [6, 6.07) is 13.7. The summed E-state index contributed by atoms with van der Waals surface area (Å²) >= 11 is 12.0. The SMILES string of the molecule is COc1ccccc1C[NH2+]CCc1ccc(Cl)cc1Cl. The molecule has 0 aliphatic carbocycles. The van der Waals surface area contributed by atoms with Crippen molar-refractivity contribution in [1.82, 2.24) is 0 Å². The number of quaternary nitrogens is 1. The van der Waals surface area contributed by atoms with Crippen LogP contribution in [0.4, 0.5) is 0 Å². The fraction of sp³-hybridized carbons (Fsp3) is 0.250. The fourth-order valence-corrected chi connectivity index (χ4v) is 2.61. The van der Waals surface area contributed by atoms with Crippen LogP contribution in [-0.2, 0) is 13.0 Å². The van der Waals surface area contributed by atoms with Gasteiger partial charge in [-0.25, -0.2) is 0 Å². The first-order chi connectivity index (χ1) is 9.70. The quantitative estimate of drug-likeness (QED) is 0.814. The normalized spacial score (nSPS) is 10.6. The summed E-state index contributed by atoms with van der Waals surface area (Å²) < 4.78 is 5.34. The van der Waals surface area contributed by atoms with Crippen LogP contribution in [0.3, 0.4) is 0 Å². The Labute approximate surface area is 129 Å². The molecular weight excluding hydrogens is 293 g/mol. The molecule has 2 nitrogen and oxygen atoms in total. The van der Waals surface area contributed by atoms with Crippen LogP contribution >= 0.6 is 23.2 Å². The molecule has 0 aliphatic heterocycles. The number of hydrogen-bond donors (Lipinski definition) is 1. The van der Waals surface area contributed by atoms with Crippen LogP contribution in [0, 0.1) is 0 Å². The molecule has 2 N–H and O–H groups in total. The number of hydrogen-bond acceptors (Lipinski definition) is 1. The average Bonchev–Trinajstić information content (AvgIpc) is 2.46. The zero-order valence-electron chi connectivity index (χ0n) is 11.4. The minimum absolute atomic E-state index is 0.678. The second-order valence-electron chi connectivity index (χ2n) is 4.58. The molecule has 0 spiro atoms. The molecule has 0 aliphatic rings. The van der Waals surface area contributed by atoms with Gasteiger partial charge in [-0.1, -0.05) is 41.4 Å². The summed E-state index contributed by atoms with van der Waals surface area (Å²) in [6.07, 6.45) is 0.922. The van der Waals surface area contributed by atoms with Gasteiger partial charge in [0.1, 0.15) is 12.3 Å². The van der Waals surface area contributed by atoms with Crippen molar-refractivity contribution in [2.75, 3.05) is 13.7 Å². The molecule has 0 fully saturated rings. The minimum Gasteiger partial charge on any atom is -0.496 e. The molecule has 0 atom stereocenters. The zero-order chi connectivity index (χ0) is 14.4. The van der Waals surface area contributed by atoms with Gasteiger partial charge in [-0.3, -0.25) is 0 Å². The van der Waals surface area contributed by atoms with Gasteiger partial charge >= 0.3 is 0 Å². The van der Waals surface area contributed by atoms with E-state index < -0.39 is 0 Å². The van der Waals surface area contributed by atoms with E-state index in [2.05, 4.69) is 11.4 Å². The highest BCUT2D eigenvalue weighted by Crippen LogP contribution is 2.21. The van der Waals surface area contributed by atoms with Gasteiger partial charge in [0.2, 0.25) is 0 Å². The van der Waals surface area contributed by atoms with Gasteiger partial charge in [0.05, 0.1) is 13.7 Å². The summed E-state index contributed by atoms with van der Waals surface area (Å²) in [5, 5.41) is 3.67. The Balaban J connectivity index is 1.84. The fourth-order valence-electron chi connectivity index (χ4n) is 2.11. The van der Waals surface area contributed by atoms with Crippen molar-refractivity contribution in [3.8, 4) is 5.75 Å². The van der Waals surface area contributed by atoms with E-state index in [0.717, 1.165) is 35.8 Å².